The minimum atomic E-state index is -0.0915. The van der Waals surface area contributed by atoms with Crippen LogP contribution in [0.3, 0.4) is 0 Å². The summed E-state index contributed by atoms with van der Waals surface area (Å²) < 4.78 is 2.71. The number of anilines is 2. The van der Waals surface area contributed by atoms with E-state index in [1.165, 1.54) is 0 Å². The Balaban J connectivity index is 1.85. The van der Waals surface area contributed by atoms with E-state index in [1.807, 2.05) is 50.4 Å². The molecular formula is C19H19BrN4O. The zero-order valence-electron chi connectivity index (χ0n) is 14.1. The maximum Gasteiger partial charge on any atom is 0.229 e. The predicted molar refractivity (Wildman–Crippen MR) is 104 cm³/mol. The Morgan fingerprint density at radius 3 is 2.44 bits per heavy atom. The van der Waals surface area contributed by atoms with Crippen molar-refractivity contribution in [3.8, 4) is 11.1 Å². The van der Waals surface area contributed by atoms with Crippen LogP contribution >= 0.6 is 15.9 Å². The highest BCUT2D eigenvalue weighted by Gasteiger charge is 2.17. The van der Waals surface area contributed by atoms with Gasteiger partial charge in [-0.1, -0.05) is 40.2 Å². The number of amides is 1. The molecule has 3 rings (SSSR count). The largest absolute Gasteiger partial charge is 0.399 e. The Morgan fingerprint density at radius 2 is 1.80 bits per heavy atom. The quantitative estimate of drug-likeness (QED) is 0.654. The molecule has 0 saturated carbocycles. The van der Waals surface area contributed by atoms with E-state index in [4.69, 9.17) is 5.73 Å². The molecule has 2 aromatic carbocycles. The number of nitrogen functional groups attached to an aromatic ring is 1. The molecule has 0 radical (unpaired) electrons. The number of hydrogen-bond donors (Lipinski definition) is 2. The molecule has 0 unspecified atom stereocenters. The summed E-state index contributed by atoms with van der Waals surface area (Å²) in [6.45, 7) is 1.94. The summed E-state index contributed by atoms with van der Waals surface area (Å²) in [5.41, 5.74) is 10.1. The van der Waals surface area contributed by atoms with Gasteiger partial charge in [-0.3, -0.25) is 9.48 Å². The maximum absolute atomic E-state index is 12.5. The summed E-state index contributed by atoms with van der Waals surface area (Å²) in [6.07, 6.45) is 0.282. The highest BCUT2D eigenvalue weighted by atomic mass is 79.9. The van der Waals surface area contributed by atoms with Crippen LogP contribution in [0.15, 0.2) is 53.0 Å². The van der Waals surface area contributed by atoms with Crippen molar-refractivity contribution in [1.29, 1.82) is 0 Å². The number of nitrogens with two attached hydrogens (primary N) is 1. The van der Waals surface area contributed by atoms with Crippen LogP contribution < -0.4 is 11.1 Å². The third kappa shape index (κ3) is 3.91. The normalized spacial score (nSPS) is 10.7. The van der Waals surface area contributed by atoms with E-state index in [0.717, 1.165) is 26.9 Å². The van der Waals surface area contributed by atoms with E-state index in [0.29, 0.717) is 11.5 Å². The van der Waals surface area contributed by atoms with Gasteiger partial charge in [0.05, 0.1) is 12.1 Å². The Bertz CT molecular complexity index is 898. The molecule has 3 aromatic rings. The molecule has 1 amide bonds. The third-order valence-electron chi connectivity index (χ3n) is 3.96. The average molecular weight is 399 g/mol. The van der Waals surface area contributed by atoms with E-state index >= 15 is 0 Å². The van der Waals surface area contributed by atoms with Crippen molar-refractivity contribution in [3.05, 3.63) is 64.3 Å². The first-order valence-electron chi connectivity index (χ1n) is 7.88. The number of nitrogens with zero attached hydrogens (tertiary/aromatic N) is 2. The lowest BCUT2D eigenvalue weighted by Gasteiger charge is -2.10. The summed E-state index contributed by atoms with van der Waals surface area (Å²) >= 11 is 3.44. The van der Waals surface area contributed by atoms with Gasteiger partial charge in [-0.15, -0.1) is 0 Å². The number of halogens is 1. The van der Waals surface area contributed by atoms with Crippen LogP contribution in [0.1, 0.15) is 11.3 Å². The molecule has 1 heterocycles. The van der Waals surface area contributed by atoms with Gasteiger partial charge < -0.3 is 11.1 Å². The molecule has 0 fully saturated rings. The summed E-state index contributed by atoms with van der Waals surface area (Å²) in [7, 11) is 1.83. The van der Waals surface area contributed by atoms with E-state index in [1.54, 1.807) is 16.8 Å². The van der Waals surface area contributed by atoms with Gasteiger partial charge in [-0.25, -0.2) is 0 Å². The smallest absolute Gasteiger partial charge is 0.229 e. The number of carbonyl (C=O) groups excluding carboxylic acids is 1. The first-order chi connectivity index (χ1) is 11.9. The zero-order chi connectivity index (χ0) is 18.0. The van der Waals surface area contributed by atoms with E-state index in [9.17, 15) is 4.79 Å². The lowest BCUT2D eigenvalue weighted by Crippen LogP contribution is -2.17. The molecule has 3 N–H and O–H groups in total. The molecule has 0 atom stereocenters. The molecule has 0 aliphatic rings. The first-order valence-corrected chi connectivity index (χ1v) is 8.67. The minimum Gasteiger partial charge on any atom is -0.399 e. The second kappa shape index (κ2) is 7.11. The topological polar surface area (TPSA) is 72.9 Å². The molecule has 5 nitrogen and oxygen atoms in total. The van der Waals surface area contributed by atoms with Gasteiger partial charge in [-0.05, 0) is 42.3 Å². The summed E-state index contributed by atoms with van der Waals surface area (Å²) in [6, 6.07) is 15.3. The molecule has 0 bridgehead atoms. The van der Waals surface area contributed by atoms with Crippen LogP contribution in [0.4, 0.5) is 11.5 Å². The minimum absolute atomic E-state index is 0.0915. The standard InChI is InChI=1S/C19H19BrN4O/c1-12-18(14-5-7-15(20)8-6-14)19(24(2)23-12)22-17(25)11-13-3-9-16(21)10-4-13/h3-10H,11,21H2,1-2H3,(H,22,25). The van der Waals surface area contributed by atoms with Crippen molar-refractivity contribution in [2.45, 2.75) is 13.3 Å². The van der Waals surface area contributed by atoms with Gasteiger partial charge in [0.25, 0.3) is 0 Å². The average Bonchev–Trinajstić information content (AvgIpc) is 2.84. The van der Waals surface area contributed by atoms with Crippen LogP contribution in [0, 0.1) is 6.92 Å². The fraction of sp³-hybridized carbons (Fsp3) is 0.158. The van der Waals surface area contributed by atoms with E-state index in [2.05, 4.69) is 26.3 Å². The van der Waals surface area contributed by atoms with Crippen molar-refractivity contribution in [1.82, 2.24) is 9.78 Å². The molecule has 128 valence electrons. The van der Waals surface area contributed by atoms with Crippen LogP contribution in [-0.2, 0) is 18.3 Å². The molecule has 0 spiro atoms. The molecule has 0 aliphatic heterocycles. The van der Waals surface area contributed by atoms with Crippen molar-refractivity contribution in [3.63, 3.8) is 0 Å². The second-order valence-electron chi connectivity index (χ2n) is 5.91. The van der Waals surface area contributed by atoms with Gasteiger partial charge in [0.2, 0.25) is 5.91 Å². The monoisotopic (exact) mass is 398 g/mol. The number of aromatic nitrogens is 2. The lowest BCUT2D eigenvalue weighted by molar-refractivity contribution is -0.115. The molecular weight excluding hydrogens is 380 g/mol. The van der Waals surface area contributed by atoms with Crippen molar-refractivity contribution in [2.75, 3.05) is 11.1 Å². The second-order valence-corrected chi connectivity index (χ2v) is 6.82. The number of hydrogen-bond acceptors (Lipinski definition) is 3. The SMILES string of the molecule is Cc1nn(C)c(NC(=O)Cc2ccc(N)cc2)c1-c1ccc(Br)cc1. The van der Waals surface area contributed by atoms with Gasteiger partial charge >= 0.3 is 0 Å². The van der Waals surface area contributed by atoms with Crippen LogP contribution in [0.5, 0.6) is 0 Å². The Morgan fingerprint density at radius 1 is 1.16 bits per heavy atom. The van der Waals surface area contributed by atoms with E-state index < -0.39 is 0 Å². The van der Waals surface area contributed by atoms with Crippen molar-refractivity contribution >= 4 is 33.3 Å². The van der Waals surface area contributed by atoms with Gasteiger partial charge in [0.1, 0.15) is 5.82 Å². The summed E-state index contributed by atoms with van der Waals surface area (Å²) in [5.74, 6) is 0.603. The number of aryl methyl sites for hydroxylation is 2. The highest BCUT2D eigenvalue weighted by molar-refractivity contribution is 9.10. The molecule has 0 aliphatic carbocycles. The summed E-state index contributed by atoms with van der Waals surface area (Å²) in [4.78, 5) is 12.5. The fourth-order valence-corrected chi connectivity index (χ4v) is 3.03. The Labute approximate surface area is 155 Å². The Kier molecular flexibility index (Phi) is 4.90. The molecule has 0 saturated heterocycles. The molecule has 25 heavy (non-hydrogen) atoms. The molecule has 6 heteroatoms. The van der Waals surface area contributed by atoms with Gasteiger partial charge in [0.15, 0.2) is 0 Å². The number of rotatable bonds is 4. The third-order valence-corrected chi connectivity index (χ3v) is 4.49. The Hall–Kier alpha value is -2.60. The molecule has 1 aromatic heterocycles. The lowest BCUT2D eigenvalue weighted by atomic mass is 10.1. The number of nitrogens with one attached hydrogen (secondary N) is 1. The van der Waals surface area contributed by atoms with Crippen LogP contribution in [0.25, 0.3) is 11.1 Å². The highest BCUT2D eigenvalue weighted by Crippen LogP contribution is 2.31. The maximum atomic E-state index is 12.5. The van der Waals surface area contributed by atoms with Crippen molar-refractivity contribution in [2.24, 2.45) is 7.05 Å². The van der Waals surface area contributed by atoms with Crippen LogP contribution in [-0.4, -0.2) is 15.7 Å². The van der Waals surface area contributed by atoms with Crippen molar-refractivity contribution < 1.29 is 4.79 Å². The first kappa shape index (κ1) is 17.2. The fourth-order valence-electron chi connectivity index (χ4n) is 2.76. The number of benzene rings is 2. The van der Waals surface area contributed by atoms with Gasteiger partial charge in [0, 0.05) is 22.8 Å². The van der Waals surface area contributed by atoms with Gasteiger partial charge in [-0.2, -0.15) is 5.10 Å². The zero-order valence-corrected chi connectivity index (χ0v) is 15.7. The predicted octanol–water partition coefficient (Wildman–Crippen LogP) is 3.92. The van der Waals surface area contributed by atoms with E-state index in [-0.39, 0.29) is 12.3 Å². The summed E-state index contributed by atoms with van der Waals surface area (Å²) in [5, 5.41) is 7.45. The van der Waals surface area contributed by atoms with Crippen LogP contribution in [0.2, 0.25) is 0 Å². The number of carbonyl (C=O) groups is 1.